The van der Waals surface area contributed by atoms with Crippen LogP contribution in [-0.4, -0.2) is 35.3 Å². The molecule has 184 valence electrons. The van der Waals surface area contributed by atoms with Gasteiger partial charge in [-0.05, 0) is 69.3 Å². The second-order valence-electron chi connectivity index (χ2n) is 7.72. The van der Waals surface area contributed by atoms with Crippen molar-refractivity contribution >= 4 is 63.1 Å². The van der Waals surface area contributed by atoms with E-state index >= 15 is 0 Å². The molecule has 0 saturated heterocycles. The molecule has 1 aliphatic heterocycles. The van der Waals surface area contributed by atoms with Crippen LogP contribution in [0.15, 0.2) is 59.3 Å². The first-order valence-electron chi connectivity index (χ1n) is 10.9. The van der Waals surface area contributed by atoms with Crippen LogP contribution in [0.4, 0.5) is 16.5 Å². The molecule has 0 radical (unpaired) electrons. The molecule has 0 aliphatic carbocycles. The number of nitrogens with zero attached hydrogens (tertiary/aromatic N) is 2. The van der Waals surface area contributed by atoms with Crippen molar-refractivity contribution in [2.75, 3.05) is 22.1 Å². The van der Waals surface area contributed by atoms with Gasteiger partial charge < -0.3 is 10.1 Å². The number of rotatable bonds is 7. The summed E-state index contributed by atoms with van der Waals surface area (Å²) in [5, 5.41) is 5.86. The van der Waals surface area contributed by atoms with Crippen molar-refractivity contribution in [3.05, 3.63) is 81.0 Å². The molecule has 0 bridgehead atoms. The van der Waals surface area contributed by atoms with E-state index in [1.54, 1.807) is 31.2 Å². The fourth-order valence-electron chi connectivity index (χ4n) is 3.35. The zero-order chi connectivity index (χ0) is 26.0. The van der Waals surface area contributed by atoms with Gasteiger partial charge in [-0.15, -0.1) is 11.3 Å². The van der Waals surface area contributed by atoms with Crippen molar-refractivity contribution in [3.8, 4) is 0 Å². The average Bonchev–Trinajstić information content (AvgIpc) is 3.28. The highest BCUT2D eigenvalue weighted by Gasteiger charge is 2.39. The molecule has 9 nitrogen and oxygen atoms in total. The highest BCUT2D eigenvalue weighted by atomic mass is 35.5. The number of carbonyl (C=O) groups excluding carboxylic acids is 4. The number of halogens is 1. The van der Waals surface area contributed by atoms with E-state index in [2.05, 4.69) is 15.6 Å². The molecule has 2 aromatic carbocycles. The Morgan fingerprint density at radius 2 is 1.64 bits per heavy atom. The van der Waals surface area contributed by atoms with E-state index in [0.717, 1.165) is 15.5 Å². The summed E-state index contributed by atoms with van der Waals surface area (Å²) in [5.74, 6) is -2.17. The van der Waals surface area contributed by atoms with E-state index < -0.39 is 17.8 Å². The van der Waals surface area contributed by atoms with Crippen molar-refractivity contribution < 1.29 is 23.9 Å². The maximum Gasteiger partial charge on any atom is 0.338 e. The Bertz CT molecular complexity index is 1380. The Hall–Kier alpha value is -4.02. The summed E-state index contributed by atoms with van der Waals surface area (Å²) in [7, 11) is 0. The smallest absolute Gasteiger partial charge is 0.338 e. The van der Waals surface area contributed by atoms with Crippen molar-refractivity contribution in [2.45, 2.75) is 20.8 Å². The second-order valence-corrected chi connectivity index (χ2v) is 9.30. The third-order valence-electron chi connectivity index (χ3n) is 5.33. The predicted molar refractivity (Wildman–Crippen MR) is 137 cm³/mol. The number of amides is 3. The summed E-state index contributed by atoms with van der Waals surface area (Å²) in [5.41, 5.74) is 2.17. The van der Waals surface area contributed by atoms with Crippen molar-refractivity contribution in [1.29, 1.82) is 0 Å². The van der Waals surface area contributed by atoms with Gasteiger partial charge in [0.2, 0.25) is 0 Å². The number of anilines is 3. The van der Waals surface area contributed by atoms with Crippen LogP contribution in [0.1, 0.15) is 38.2 Å². The maximum atomic E-state index is 13.0. The van der Waals surface area contributed by atoms with Gasteiger partial charge in [0.15, 0.2) is 5.13 Å². The first-order chi connectivity index (χ1) is 17.2. The minimum atomic E-state index is -0.696. The summed E-state index contributed by atoms with van der Waals surface area (Å²) in [4.78, 5) is 56.3. The van der Waals surface area contributed by atoms with Crippen LogP contribution in [0.5, 0.6) is 0 Å². The Labute approximate surface area is 215 Å². The number of hydrogen-bond donors (Lipinski definition) is 2. The number of imide groups is 1. The summed E-state index contributed by atoms with van der Waals surface area (Å²) in [6.45, 7) is 5.73. The van der Waals surface area contributed by atoms with Crippen LogP contribution in [0.2, 0.25) is 0 Å². The lowest BCUT2D eigenvalue weighted by atomic mass is 10.2. The number of nitrogens with one attached hydrogen (secondary N) is 2. The lowest BCUT2D eigenvalue weighted by Gasteiger charge is -2.15. The second kappa shape index (κ2) is 10.3. The van der Waals surface area contributed by atoms with Crippen LogP contribution >= 0.6 is 22.9 Å². The normalized spacial score (nSPS) is 13.3. The number of aryl methyl sites for hydroxylation is 2. The highest BCUT2D eigenvalue weighted by molar-refractivity contribution is 7.15. The van der Waals surface area contributed by atoms with Gasteiger partial charge in [-0.25, -0.2) is 14.7 Å². The topological polar surface area (TPSA) is 118 Å². The number of aromatic nitrogens is 1. The zero-order valence-electron chi connectivity index (χ0n) is 19.5. The summed E-state index contributed by atoms with van der Waals surface area (Å²) < 4.78 is 4.94. The number of ether oxygens (including phenoxy) is 1. The molecule has 0 saturated carbocycles. The number of benzene rings is 2. The molecule has 4 rings (SSSR count). The SMILES string of the molecule is CCOC(=O)c1ccc(N2C(=O)C(Cl)=C(Nc3ccc(C(=O)Nc4nc(C)c(C)s4)cc3)C2=O)cc1. The maximum absolute atomic E-state index is 13.0. The van der Waals surface area contributed by atoms with Gasteiger partial charge in [0.1, 0.15) is 10.7 Å². The fraction of sp³-hybridized carbons (Fsp3) is 0.160. The van der Waals surface area contributed by atoms with Crippen LogP contribution in [0, 0.1) is 13.8 Å². The minimum Gasteiger partial charge on any atom is -0.462 e. The van der Waals surface area contributed by atoms with E-state index in [0.29, 0.717) is 21.9 Å². The molecule has 0 unspecified atom stereocenters. The third kappa shape index (κ3) is 5.00. The van der Waals surface area contributed by atoms with Crippen LogP contribution in [0.3, 0.4) is 0 Å². The van der Waals surface area contributed by atoms with Gasteiger partial charge in [0, 0.05) is 16.1 Å². The molecule has 2 heterocycles. The Kier molecular flexibility index (Phi) is 7.18. The molecule has 2 N–H and O–H groups in total. The Balaban J connectivity index is 1.45. The molecule has 1 aliphatic rings. The number of thiazole rings is 1. The molecule has 11 heteroatoms. The van der Waals surface area contributed by atoms with Gasteiger partial charge in [-0.3, -0.25) is 19.7 Å². The Morgan fingerprint density at radius 3 is 2.22 bits per heavy atom. The first-order valence-corrected chi connectivity index (χ1v) is 12.1. The molecular weight excluding hydrogens is 504 g/mol. The van der Waals surface area contributed by atoms with Crippen LogP contribution < -0.4 is 15.5 Å². The lowest BCUT2D eigenvalue weighted by Crippen LogP contribution is -2.32. The molecule has 36 heavy (non-hydrogen) atoms. The largest absolute Gasteiger partial charge is 0.462 e. The molecule has 0 fully saturated rings. The standard InChI is InChI=1S/C25H21ClN4O5S/c1-4-35-24(34)16-7-11-18(12-8-16)30-22(32)19(26)20(23(30)33)28-17-9-5-15(6-10-17)21(31)29-25-27-13(2)14(3)36-25/h5-12,28H,4H2,1-3H3,(H,27,29,31). The van der Waals surface area contributed by atoms with E-state index in [9.17, 15) is 19.2 Å². The van der Waals surface area contributed by atoms with E-state index in [1.807, 2.05) is 13.8 Å². The Morgan fingerprint density at radius 1 is 1.00 bits per heavy atom. The summed E-state index contributed by atoms with van der Waals surface area (Å²) in [6.07, 6.45) is 0. The van der Waals surface area contributed by atoms with Crippen LogP contribution in [0.25, 0.3) is 0 Å². The predicted octanol–water partition coefficient (Wildman–Crippen LogP) is 4.62. The zero-order valence-corrected chi connectivity index (χ0v) is 21.1. The van der Waals surface area contributed by atoms with Crippen molar-refractivity contribution in [1.82, 2.24) is 4.98 Å². The van der Waals surface area contributed by atoms with Gasteiger partial charge in [0.05, 0.1) is 23.6 Å². The van der Waals surface area contributed by atoms with Crippen molar-refractivity contribution in [3.63, 3.8) is 0 Å². The quantitative estimate of drug-likeness (QED) is 0.342. The van der Waals surface area contributed by atoms with E-state index in [1.165, 1.54) is 35.6 Å². The molecule has 3 aromatic rings. The average molecular weight is 525 g/mol. The summed E-state index contributed by atoms with van der Waals surface area (Å²) >= 11 is 7.58. The molecular formula is C25H21ClN4O5S. The fourth-order valence-corrected chi connectivity index (χ4v) is 4.37. The monoisotopic (exact) mass is 524 g/mol. The number of hydrogen-bond acceptors (Lipinski definition) is 8. The van der Waals surface area contributed by atoms with Gasteiger partial charge in [0.25, 0.3) is 17.7 Å². The number of carbonyl (C=O) groups is 4. The van der Waals surface area contributed by atoms with E-state index in [4.69, 9.17) is 16.3 Å². The van der Waals surface area contributed by atoms with E-state index in [-0.39, 0.29) is 28.9 Å². The molecule has 0 atom stereocenters. The van der Waals surface area contributed by atoms with Gasteiger partial charge in [-0.2, -0.15) is 0 Å². The van der Waals surface area contributed by atoms with Gasteiger partial charge in [-0.1, -0.05) is 11.6 Å². The van der Waals surface area contributed by atoms with Crippen molar-refractivity contribution in [2.24, 2.45) is 0 Å². The highest BCUT2D eigenvalue weighted by Crippen LogP contribution is 2.30. The molecule has 1 aromatic heterocycles. The van der Waals surface area contributed by atoms with Gasteiger partial charge >= 0.3 is 5.97 Å². The minimum absolute atomic E-state index is 0.0953. The molecule has 3 amide bonds. The third-order valence-corrected chi connectivity index (χ3v) is 6.67. The van der Waals surface area contributed by atoms with Crippen LogP contribution in [-0.2, 0) is 14.3 Å². The molecule has 0 spiro atoms. The number of esters is 1. The first kappa shape index (κ1) is 25.1. The lowest BCUT2D eigenvalue weighted by molar-refractivity contribution is -0.120. The summed E-state index contributed by atoms with van der Waals surface area (Å²) in [6, 6.07) is 12.2.